The highest BCUT2D eigenvalue weighted by Crippen LogP contribution is 2.30. The average molecular weight is 433 g/mol. The first-order chi connectivity index (χ1) is 10.6. The number of benzene rings is 1. The first kappa shape index (κ1) is 19.9. The average Bonchev–Trinajstić information content (AvgIpc) is 2.53. The SMILES string of the molecule is COc1ccc(NC(N)=NCC2CCCC(C)C2)cc1OC.I. The van der Waals surface area contributed by atoms with Crippen LogP contribution in [0.25, 0.3) is 0 Å². The Morgan fingerprint density at radius 1 is 1.26 bits per heavy atom. The van der Waals surface area contributed by atoms with Gasteiger partial charge in [-0.1, -0.05) is 19.8 Å². The van der Waals surface area contributed by atoms with Crippen LogP contribution in [0.1, 0.15) is 32.6 Å². The number of ether oxygens (including phenoxy) is 2. The third-order valence-corrected chi connectivity index (χ3v) is 4.22. The van der Waals surface area contributed by atoms with Crippen LogP contribution in [-0.4, -0.2) is 26.7 Å². The standard InChI is InChI=1S/C17H27N3O2.HI/c1-12-5-4-6-13(9-12)11-19-17(18)20-14-7-8-15(21-2)16(10-14)22-3;/h7-8,10,12-13H,4-6,9,11H2,1-3H3,(H3,18,19,20);1H. The largest absolute Gasteiger partial charge is 0.493 e. The molecule has 1 saturated carbocycles. The van der Waals surface area contributed by atoms with E-state index in [1.165, 1.54) is 25.7 Å². The van der Waals surface area contributed by atoms with Gasteiger partial charge >= 0.3 is 0 Å². The molecule has 0 aliphatic heterocycles. The number of nitrogens with zero attached hydrogens (tertiary/aromatic N) is 1. The van der Waals surface area contributed by atoms with Crippen molar-refractivity contribution in [1.29, 1.82) is 0 Å². The summed E-state index contributed by atoms with van der Waals surface area (Å²) in [6.07, 6.45) is 5.18. The molecular formula is C17H28IN3O2. The first-order valence-corrected chi connectivity index (χ1v) is 7.91. The van der Waals surface area contributed by atoms with Gasteiger partial charge in [0, 0.05) is 18.3 Å². The van der Waals surface area contributed by atoms with E-state index in [9.17, 15) is 0 Å². The predicted molar refractivity (Wildman–Crippen MR) is 106 cm³/mol. The van der Waals surface area contributed by atoms with E-state index in [1.54, 1.807) is 14.2 Å². The van der Waals surface area contributed by atoms with Crippen LogP contribution in [0.3, 0.4) is 0 Å². The highest BCUT2D eigenvalue weighted by molar-refractivity contribution is 14.0. The van der Waals surface area contributed by atoms with E-state index >= 15 is 0 Å². The maximum atomic E-state index is 5.99. The number of guanidine groups is 1. The minimum atomic E-state index is 0. The molecule has 0 heterocycles. The van der Waals surface area contributed by atoms with E-state index in [4.69, 9.17) is 15.2 Å². The van der Waals surface area contributed by atoms with Gasteiger partial charge in [-0.25, -0.2) is 0 Å². The van der Waals surface area contributed by atoms with Crippen molar-refractivity contribution in [3.8, 4) is 11.5 Å². The molecule has 6 heteroatoms. The third-order valence-electron chi connectivity index (χ3n) is 4.22. The molecule has 0 bridgehead atoms. The molecular weight excluding hydrogens is 405 g/mol. The van der Waals surface area contributed by atoms with E-state index in [2.05, 4.69) is 17.2 Å². The van der Waals surface area contributed by atoms with Crippen LogP contribution in [0.2, 0.25) is 0 Å². The number of aliphatic imine (C=N–C) groups is 1. The normalized spacial score (nSPS) is 21.3. The van der Waals surface area contributed by atoms with Crippen LogP contribution in [0.5, 0.6) is 11.5 Å². The van der Waals surface area contributed by atoms with Gasteiger partial charge in [0.25, 0.3) is 0 Å². The molecule has 5 nitrogen and oxygen atoms in total. The Kier molecular flexibility index (Phi) is 8.51. The van der Waals surface area contributed by atoms with Crippen molar-refractivity contribution in [3.63, 3.8) is 0 Å². The number of methoxy groups -OCH3 is 2. The topological polar surface area (TPSA) is 68.9 Å². The lowest BCUT2D eigenvalue weighted by Crippen LogP contribution is -2.25. The van der Waals surface area contributed by atoms with E-state index in [-0.39, 0.29) is 24.0 Å². The van der Waals surface area contributed by atoms with E-state index in [0.717, 1.165) is 18.2 Å². The molecule has 1 aromatic rings. The van der Waals surface area contributed by atoms with Crippen LogP contribution < -0.4 is 20.5 Å². The Balaban J connectivity index is 0.00000264. The number of anilines is 1. The first-order valence-electron chi connectivity index (χ1n) is 7.91. The molecule has 0 aromatic heterocycles. The zero-order valence-corrected chi connectivity index (χ0v) is 16.5. The lowest BCUT2D eigenvalue weighted by Gasteiger charge is -2.25. The zero-order valence-electron chi connectivity index (χ0n) is 14.2. The Morgan fingerprint density at radius 2 is 2.00 bits per heavy atom. The van der Waals surface area contributed by atoms with Crippen molar-refractivity contribution >= 4 is 35.6 Å². The maximum Gasteiger partial charge on any atom is 0.193 e. The van der Waals surface area contributed by atoms with Crippen molar-refractivity contribution in [2.45, 2.75) is 32.6 Å². The molecule has 130 valence electrons. The van der Waals surface area contributed by atoms with Crippen LogP contribution in [0.15, 0.2) is 23.2 Å². The zero-order chi connectivity index (χ0) is 15.9. The molecule has 0 amide bonds. The van der Waals surface area contributed by atoms with E-state index < -0.39 is 0 Å². The Morgan fingerprint density at radius 3 is 2.65 bits per heavy atom. The molecule has 2 unspecified atom stereocenters. The van der Waals surface area contributed by atoms with Crippen molar-refractivity contribution in [3.05, 3.63) is 18.2 Å². The molecule has 2 atom stereocenters. The van der Waals surface area contributed by atoms with Gasteiger partial charge < -0.3 is 20.5 Å². The minimum absolute atomic E-state index is 0. The summed E-state index contributed by atoms with van der Waals surface area (Å²) in [4.78, 5) is 4.49. The number of hydrogen-bond donors (Lipinski definition) is 2. The van der Waals surface area contributed by atoms with E-state index in [1.807, 2.05) is 18.2 Å². The second kappa shape index (κ2) is 9.85. The second-order valence-corrected chi connectivity index (χ2v) is 6.06. The molecule has 1 fully saturated rings. The summed E-state index contributed by atoms with van der Waals surface area (Å²) >= 11 is 0. The van der Waals surface area contributed by atoms with Crippen molar-refractivity contribution in [2.24, 2.45) is 22.6 Å². The lowest BCUT2D eigenvalue weighted by atomic mass is 9.82. The van der Waals surface area contributed by atoms with Gasteiger partial charge in [0.15, 0.2) is 17.5 Å². The molecule has 2 rings (SSSR count). The molecule has 1 aliphatic carbocycles. The Labute approximate surface area is 156 Å². The fourth-order valence-corrected chi connectivity index (χ4v) is 3.05. The van der Waals surface area contributed by atoms with E-state index in [0.29, 0.717) is 23.4 Å². The van der Waals surface area contributed by atoms with Gasteiger partial charge in [0.1, 0.15) is 0 Å². The van der Waals surface area contributed by atoms with Gasteiger partial charge in [-0.15, -0.1) is 24.0 Å². The fourth-order valence-electron chi connectivity index (χ4n) is 3.05. The minimum Gasteiger partial charge on any atom is -0.493 e. The summed E-state index contributed by atoms with van der Waals surface area (Å²) < 4.78 is 10.5. The number of halogens is 1. The molecule has 1 aromatic carbocycles. The van der Waals surface area contributed by atoms with Gasteiger partial charge in [-0.05, 0) is 36.8 Å². The van der Waals surface area contributed by atoms with Crippen molar-refractivity contribution < 1.29 is 9.47 Å². The predicted octanol–water partition coefficient (Wildman–Crippen LogP) is 3.87. The summed E-state index contributed by atoms with van der Waals surface area (Å²) in [7, 11) is 3.23. The highest BCUT2D eigenvalue weighted by Gasteiger charge is 2.18. The lowest BCUT2D eigenvalue weighted by molar-refractivity contribution is 0.289. The van der Waals surface area contributed by atoms with Gasteiger partial charge in [-0.3, -0.25) is 4.99 Å². The molecule has 0 radical (unpaired) electrons. The number of nitrogens with two attached hydrogens (primary N) is 1. The van der Waals surface area contributed by atoms with Crippen LogP contribution in [0, 0.1) is 11.8 Å². The Bertz CT molecular complexity index is 523. The molecule has 3 N–H and O–H groups in total. The maximum absolute atomic E-state index is 5.99. The van der Waals surface area contributed by atoms with Gasteiger partial charge in [-0.2, -0.15) is 0 Å². The van der Waals surface area contributed by atoms with Crippen molar-refractivity contribution in [2.75, 3.05) is 26.1 Å². The molecule has 1 aliphatic rings. The number of hydrogen-bond acceptors (Lipinski definition) is 3. The smallest absolute Gasteiger partial charge is 0.193 e. The summed E-state index contributed by atoms with van der Waals surface area (Å²) in [5.74, 6) is 3.29. The number of nitrogens with one attached hydrogen (secondary N) is 1. The van der Waals surface area contributed by atoms with Crippen LogP contribution >= 0.6 is 24.0 Å². The highest BCUT2D eigenvalue weighted by atomic mass is 127. The summed E-state index contributed by atoms with van der Waals surface area (Å²) in [6, 6.07) is 5.59. The quantitative estimate of drug-likeness (QED) is 0.420. The summed E-state index contributed by atoms with van der Waals surface area (Å²) in [5.41, 5.74) is 6.83. The summed E-state index contributed by atoms with van der Waals surface area (Å²) in [6.45, 7) is 3.12. The third kappa shape index (κ3) is 6.08. The van der Waals surface area contributed by atoms with Gasteiger partial charge in [0.2, 0.25) is 0 Å². The van der Waals surface area contributed by atoms with Gasteiger partial charge in [0.05, 0.1) is 14.2 Å². The molecule has 0 saturated heterocycles. The monoisotopic (exact) mass is 433 g/mol. The second-order valence-electron chi connectivity index (χ2n) is 6.06. The number of rotatable bonds is 5. The van der Waals surface area contributed by atoms with Crippen molar-refractivity contribution in [1.82, 2.24) is 0 Å². The van der Waals surface area contributed by atoms with Crippen LogP contribution in [0.4, 0.5) is 5.69 Å². The Hall–Kier alpha value is -1.18. The molecule has 23 heavy (non-hydrogen) atoms. The summed E-state index contributed by atoms with van der Waals surface area (Å²) in [5, 5.41) is 3.11. The molecule has 0 spiro atoms. The fraction of sp³-hybridized carbons (Fsp3) is 0.588. The van der Waals surface area contributed by atoms with Crippen LogP contribution in [-0.2, 0) is 0 Å².